The number of aliphatic hydroxyl groups is 2. The number of aromatic nitrogens is 4. The lowest BCUT2D eigenvalue weighted by Crippen LogP contribution is -2.41. The fourth-order valence-electron chi connectivity index (χ4n) is 6.61. The van der Waals surface area contributed by atoms with Gasteiger partial charge in [-0.15, -0.1) is 0 Å². The van der Waals surface area contributed by atoms with Crippen molar-refractivity contribution in [2.75, 3.05) is 28.4 Å². The molecule has 2 unspecified atom stereocenters. The smallest absolute Gasteiger partial charge is 0.310 e. The molecule has 15 heteroatoms. The number of carbonyl (C=O) groups is 5. The summed E-state index contributed by atoms with van der Waals surface area (Å²) in [4.78, 5) is 80.3. The van der Waals surface area contributed by atoms with Gasteiger partial charge in [-0.3, -0.25) is 29.0 Å². The molecule has 0 amide bonds. The van der Waals surface area contributed by atoms with Crippen LogP contribution in [0.15, 0.2) is 24.3 Å². The number of aryl methyl sites for hydroxylation is 2. The van der Waals surface area contributed by atoms with E-state index in [1.165, 1.54) is 54.4 Å². The summed E-state index contributed by atoms with van der Waals surface area (Å²) in [6.07, 6.45) is -0.305. The van der Waals surface area contributed by atoms with Crippen LogP contribution in [0.4, 0.5) is 0 Å². The summed E-state index contributed by atoms with van der Waals surface area (Å²) in [5, 5.41) is 23.5. The fraction of sp³-hybridized carbons (Fsp3) is 0.447. The van der Waals surface area contributed by atoms with E-state index in [2.05, 4.69) is 19.9 Å². The van der Waals surface area contributed by atoms with E-state index in [9.17, 15) is 34.2 Å². The Balaban J connectivity index is 2.03. The van der Waals surface area contributed by atoms with Gasteiger partial charge in [0.1, 0.15) is 16.9 Å². The first-order valence-corrected chi connectivity index (χ1v) is 16.9. The molecule has 8 bridgehead atoms. The van der Waals surface area contributed by atoms with Crippen LogP contribution in [0.25, 0.3) is 22.1 Å². The Hall–Kier alpha value is -5.41. The minimum atomic E-state index is -1.99. The van der Waals surface area contributed by atoms with Gasteiger partial charge in [0.25, 0.3) is 0 Å². The number of nitrogens with one attached hydrogen (secondary N) is 2. The Kier molecular flexibility index (Phi) is 10.7. The maximum atomic E-state index is 13.8. The maximum absolute atomic E-state index is 13.8. The second-order valence-electron chi connectivity index (χ2n) is 13.9. The zero-order chi connectivity index (χ0) is 39.0. The monoisotopic (exact) mass is 732 g/mol. The summed E-state index contributed by atoms with van der Waals surface area (Å²) in [5.74, 6) is -2.51. The SMILES string of the molecule is COC(=O)CCc1c(CC(=O)OC)c2cc3nc(cc4nc(cc5[nH]c(cc1[nH]2)c(CCC(=O)OC)c5CC(=O)OC)C(C)(O)C4(C)O)C(=O)C3(C)C. The van der Waals surface area contributed by atoms with Crippen LogP contribution in [0.3, 0.4) is 0 Å². The van der Waals surface area contributed by atoms with Crippen LogP contribution in [0.5, 0.6) is 0 Å². The first-order valence-electron chi connectivity index (χ1n) is 16.9. The zero-order valence-electron chi connectivity index (χ0n) is 31.0. The summed E-state index contributed by atoms with van der Waals surface area (Å²) in [7, 11) is 5.04. The molecule has 0 aromatic carbocycles. The van der Waals surface area contributed by atoms with Crippen molar-refractivity contribution < 1.29 is 53.1 Å². The molecule has 0 aliphatic carbocycles. The van der Waals surface area contributed by atoms with E-state index >= 15 is 0 Å². The number of carbonyl (C=O) groups excluding carboxylic acids is 5. The lowest BCUT2D eigenvalue weighted by Gasteiger charge is -2.31. The molecule has 53 heavy (non-hydrogen) atoms. The van der Waals surface area contributed by atoms with E-state index in [1.807, 2.05) is 0 Å². The Morgan fingerprint density at radius 3 is 1.42 bits per heavy atom. The lowest BCUT2D eigenvalue weighted by atomic mass is 9.82. The van der Waals surface area contributed by atoms with Gasteiger partial charge in [-0.25, -0.2) is 4.98 Å². The number of ether oxygens (including phenoxy) is 4. The Labute approximate surface area is 305 Å². The molecule has 0 fully saturated rings. The summed E-state index contributed by atoms with van der Waals surface area (Å²) in [5.41, 5.74) is -1.15. The van der Waals surface area contributed by atoms with Gasteiger partial charge in [-0.1, -0.05) is 0 Å². The molecule has 0 saturated carbocycles. The predicted molar refractivity (Wildman–Crippen MR) is 190 cm³/mol. The number of nitrogens with zero attached hydrogens (tertiary/aromatic N) is 2. The summed E-state index contributed by atoms with van der Waals surface area (Å²) >= 11 is 0. The molecule has 5 rings (SSSR count). The number of hydrogen-bond acceptors (Lipinski definition) is 13. The molecule has 0 radical (unpaired) electrons. The molecule has 2 atom stereocenters. The van der Waals surface area contributed by atoms with Gasteiger partial charge < -0.3 is 39.1 Å². The van der Waals surface area contributed by atoms with E-state index in [1.54, 1.807) is 26.0 Å². The van der Waals surface area contributed by atoms with Gasteiger partial charge in [0, 0.05) is 34.9 Å². The van der Waals surface area contributed by atoms with Gasteiger partial charge in [0.05, 0.1) is 63.8 Å². The molecule has 0 spiro atoms. The number of fused-ring (bicyclic) bond motifs is 8. The van der Waals surface area contributed by atoms with Gasteiger partial charge in [0.2, 0.25) is 0 Å². The van der Waals surface area contributed by atoms with Crippen LogP contribution in [0, 0.1) is 0 Å². The van der Waals surface area contributed by atoms with Gasteiger partial charge in [-0.05, 0) is 87.1 Å². The van der Waals surface area contributed by atoms with Gasteiger partial charge in [0.15, 0.2) is 5.78 Å². The molecule has 2 aliphatic heterocycles. The normalized spacial score (nSPS) is 19.1. The van der Waals surface area contributed by atoms with Crippen LogP contribution >= 0.6 is 0 Å². The summed E-state index contributed by atoms with van der Waals surface area (Å²) < 4.78 is 19.9. The van der Waals surface area contributed by atoms with Gasteiger partial charge >= 0.3 is 23.9 Å². The third-order valence-corrected chi connectivity index (χ3v) is 10.3. The molecular formula is C38H44N4O11. The maximum Gasteiger partial charge on any atom is 0.310 e. The van der Waals surface area contributed by atoms with Crippen LogP contribution < -0.4 is 0 Å². The summed E-state index contributed by atoms with van der Waals surface area (Å²) in [6, 6.07) is 6.21. The topological polar surface area (TPSA) is 220 Å². The number of esters is 4. The van der Waals surface area contributed by atoms with Crippen molar-refractivity contribution in [3.05, 3.63) is 69.3 Å². The van der Waals surface area contributed by atoms with E-state index in [-0.39, 0.29) is 61.4 Å². The molecular weight excluding hydrogens is 688 g/mol. The van der Waals surface area contributed by atoms with Crippen LogP contribution in [0.2, 0.25) is 0 Å². The molecule has 3 aromatic rings. The van der Waals surface area contributed by atoms with Crippen molar-refractivity contribution >= 4 is 51.7 Å². The van der Waals surface area contributed by atoms with Crippen LogP contribution in [-0.2, 0) is 80.4 Å². The number of methoxy groups -OCH3 is 4. The first kappa shape index (κ1) is 38.8. The fourth-order valence-corrected chi connectivity index (χ4v) is 6.61. The number of rotatable bonds is 10. The van der Waals surface area contributed by atoms with Crippen molar-refractivity contribution in [1.82, 2.24) is 19.9 Å². The number of hydrogen-bond donors (Lipinski definition) is 4. The average Bonchev–Trinajstić information content (AvgIpc) is 3.72. The van der Waals surface area contributed by atoms with E-state index < -0.39 is 40.5 Å². The molecule has 4 N–H and O–H groups in total. The van der Waals surface area contributed by atoms with Crippen molar-refractivity contribution in [1.29, 1.82) is 0 Å². The number of Topliss-reactive ketones (excluding diaryl/α,β-unsaturated/α-hetero) is 1. The minimum Gasteiger partial charge on any atom is -0.469 e. The largest absolute Gasteiger partial charge is 0.469 e. The van der Waals surface area contributed by atoms with E-state index in [0.29, 0.717) is 50.0 Å². The highest BCUT2D eigenvalue weighted by Gasteiger charge is 2.51. The van der Waals surface area contributed by atoms with E-state index in [0.717, 1.165) is 0 Å². The van der Waals surface area contributed by atoms with Crippen LogP contribution in [0.1, 0.15) is 90.4 Å². The minimum absolute atomic E-state index is 0.0122. The van der Waals surface area contributed by atoms with Crippen molar-refractivity contribution in [3.63, 3.8) is 0 Å². The predicted octanol–water partition coefficient (Wildman–Crippen LogP) is 3.23. The standard InChI is InChI=1S/C38H44N4O11/c1-36(2)28-16-25-21(13-33(45)52-7)19(9-11-31(43)50-5)23(39-25)15-24-20(10-12-32(44)51-6)22(14-34(46)53-8)26(40-24)17-29-37(3,48)38(4,49)30(42-29)18-27(41-28)35(36)47/h15-18,39-40,48-49H,9-14H2,1-8H3. The molecule has 2 aliphatic rings. The third-order valence-electron chi connectivity index (χ3n) is 10.3. The zero-order valence-corrected chi connectivity index (χ0v) is 31.0. The highest BCUT2D eigenvalue weighted by molar-refractivity contribution is 6.04. The highest BCUT2D eigenvalue weighted by atomic mass is 16.5. The molecule has 3 aromatic heterocycles. The summed E-state index contributed by atoms with van der Waals surface area (Å²) in [6.45, 7) is 6.15. The van der Waals surface area contributed by atoms with Gasteiger partial charge in [-0.2, -0.15) is 0 Å². The number of H-pyrrole nitrogens is 2. The van der Waals surface area contributed by atoms with Crippen molar-refractivity contribution in [2.24, 2.45) is 0 Å². The second kappa shape index (κ2) is 14.5. The number of ketones is 1. The van der Waals surface area contributed by atoms with Crippen molar-refractivity contribution in [2.45, 2.75) is 82.8 Å². The van der Waals surface area contributed by atoms with Crippen molar-refractivity contribution in [3.8, 4) is 0 Å². The van der Waals surface area contributed by atoms with Crippen LogP contribution in [-0.4, -0.2) is 88.2 Å². The Morgan fingerprint density at radius 2 is 0.981 bits per heavy atom. The quantitative estimate of drug-likeness (QED) is 0.174. The highest BCUT2D eigenvalue weighted by Crippen LogP contribution is 2.44. The molecule has 0 saturated heterocycles. The average molecular weight is 733 g/mol. The first-order chi connectivity index (χ1) is 24.9. The van der Waals surface area contributed by atoms with E-state index in [4.69, 9.17) is 18.9 Å². The number of aromatic amines is 2. The second-order valence-corrected chi connectivity index (χ2v) is 13.9. The Morgan fingerprint density at radius 1 is 0.585 bits per heavy atom. The third kappa shape index (κ3) is 7.18. The lowest BCUT2D eigenvalue weighted by molar-refractivity contribution is -0.141. The molecule has 5 heterocycles. The molecule has 282 valence electrons. The Bertz CT molecular complexity index is 2180. The molecule has 15 nitrogen and oxygen atoms in total.